The number of carbonyl (C=O) groups is 1. The van der Waals surface area contributed by atoms with Crippen LogP contribution < -0.4 is 15.6 Å². The Kier molecular flexibility index (Phi) is 5.67. The number of aromatic amines is 1. The molecule has 0 unspecified atom stereocenters. The van der Waals surface area contributed by atoms with Crippen LogP contribution in [0, 0.1) is 0 Å². The van der Waals surface area contributed by atoms with Crippen molar-refractivity contribution in [2.24, 2.45) is 0 Å². The number of H-pyrrole nitrogens is 1. The summed E-state index contributed by atoms with van der Waals surface area (Å²) in [5, 5.41) is 2.25. The Hall–Kier alpha value is -4.08. The predicted molar refractivity (Wildman–Crippen MR) is 111 cm³/mol. The number of nitrogens with one attached hydrogen (secondary N) is 2. The van der Waals surface area contributed by atoms with E-state index in [9.17, 15) is 22.8 Å². The predicted octanol–water partition coefficient (Wildman–Crippen LogP) is 3.96. The molecule has 2 aromatic carbocycles. The quantitative estimate of drug-likeness (QED) is 0.473. The van der Waals surface area contributed by atoms with Crippen LogP contribution in [0.5, 0.6) is 5.75 Å². The molecule has 0 aliphatic heterocycles. The third kappa shape index (κ3) is 4.64. The SMILES string of the molecule is O=C(Cn1c(COc2ccccc2)nc2ccccc21)Nc1cc(C(F)(F)F)c[nH]c1=O. The molecule has 0 aliphatic carbocycles. The van der Waals surface area contributed by atoms with Crippen molar-refractivity contribution in [3.63, 3.8) is 0 Å². The Morgan fingerprint density at radius 2 is 1.81 bits per heavy atom. The highest BCUT2D eigenvalue weighted by Gasteiger charge is 2.31. The fourth-order valence-corrected chi connectivity index (χ4v) is 3.15. The Morgan fingerprint density at radius 1 is 1.09 bits per heavy atom. The highest BCUT2D eigenvalue weighted by molar-refractivity contribution is 5.91. The van der Waals surface area contributed by atoms with Gasteiger partial charge in [0, 0.05) is 6.20 Å². The van der Waals surface area contributed by atoms with Gasteiger partial charge in [-0.1, -0.05) is 30.3 Å². The number of pyridine rings is 1. The second-order valence-corrected chi connectivity index (χ2v) is 6.88. The molecule has 2 aromatic heterocycles. The highest BCUT2D eigenvalue weighted by Crippen LogP contribution is 2.29. The van der Waals surface area contributed by atoms with Crippen molar-refractivity contribution in [2.75, 3.05) is 5.32 Å². The minimum Gasteiger partial charge on any atom is -0.486 e. The van der Waals surface area contributed by atoms with Crippen molar-refractivity contribution >= 4 is 22.6 Å². The summed E-state index contributed by atoms with van der Waals surface area (Å²) >= 11 is 0. The van der Waals surface area contributed by atoms with E-state index >= 15 is 0 Å². The molecule has 0 saturated heterocycles. The first kappa shape index (κ1) is 21.2. The number of imidazole rings is 1. The maximum absolute atomic E-state index is 12.9. The van der Waals surface area contributed by atoms with Gasteiger partial charge >= 0.3 is 6.18 Å². The van der Waals surface area contributed by atoms with Crippen LogP contribution in [0.3, 0.4) is 0 Å². The number of alkyl halides is 3. The van der Waals surface area contributed by atoms with Crippen molar-refractivity contribution in [2.45, 2.75) is 19.3 Å². The summed E-state index contributed by atoms with van der Waals surface area (Å²) in [5.41, 5.74) is -1.13. The van der Waals surface area contributed by atoms with E-state index < -0.39 is 28.9 Å². The molecule has 164 valence electrons. The van der Waals surface area contributed by atoms with Crippen molar-refractivity contribution < 1.29 is 22.7 Å². The monoisotopic (exact) mass is 442 g/mol. The smallest absolute Gasteiger partial charge is 0.417 e. The topological polar surface area (TPSA) is 89.0 Å². The maximum Gasteiger partial charge on any atom is 0.417 e. The van der Waals surface area contributed by atoms with E-state index in [1.165, 1.54) is 0 Å². The molecule has 10 heteroatoms. The van der Waals surface area contributed by atoms with Crippen LogP contribution >= 0.6 is 0 Å². The molecule has 1 amide bonds. The molecular formula is C22H17F3N4O3. The number of para-hydroxylation sites is 3. The van der Waals surface area contributed by atoms with Gasteiger partial charge in [0.1, 0.15) is 30.4 Å². The van der Waals surface area contributed by atoms with Crippen molar-refractivity contribution in [1.29, 1.82) is 0 Å². The van der Waals surface area contributed by atoms with Gasteiger partial charge in [0.25, 0.3) is 5.56 Å². The molecule has 0 aliphatic rings. The summed E-state index contributed by atoms with van der Waals surface area (Å²) in [5.74, 6) is 0.383. The number of rotatable bonds is 6. The molecule has 0 atom stereocenters. The lowest BCUT2D eigenvalue weighted by molar-refractivity contribution is -0.137. The third-order valence-electron chi connectivity index (χ3n) is 4.65. The van der Waals surface area contributed by atoms with Crippen LogP contribution in [-0.4, -0.2) is 20.4 Å². The molecule has 0 saturated carbocycles. The maximum atomic E-state index is 12.9. The van der Waals surface area contributed by atoms with Gasteiger partial charge in [-0.25, -0.2) is 4.98 Å². The first-order valence-electron chi connectivity index (χ1n) is 9.53. The van der Waals surface area contributed by atoms with Crippen LogP contribution in [0.4, 0.5) is 18.9 Å². The normalized spacial score (nSPS) is 11.5. The zero-order valence-corrected chi connectivity index (χ0v) is 16.5. The molecule has 2 N–H and O–H groups in total. The number of ether oxygens (including phenoxy) is 1. The zero-order valence-electron chi connectivity index (χ0n) is 16.5. The average Bonchev–Trinajstić information content (AvgIpc) is 3.11. The number of hydrogen-bond acceptors (Lipinski definition) is 4. The second-order valence-electron chi connectivity index (χ2n) is 6.88. The molecule has 2 heterocycles. The number of nitrogens with zero attached hydrogens (tertiary/aromatic N) is 2. The Labute approximate surface area is 179 Å². The van der Waals surface area contributed by atoms with Gasteiger partial charge in [-0.3, -0.25) is 9.59 Å². The molecule has 7 nitrogen and oxygen atoms in total. The minimum absolute atomic E-state index is 0.0656. The van der Waals surface area contributed by atoms with Gasteiger partial charge in [0.05, 0.1) is 16.6 Å². The molecular weight excluding hydrogens is 425 g/mol. The van der Waals surface area contributed by atoms with Crippen LogP contribution in [0.2, 0.25) is 0 Å². The van der Waals surface area contributed by atoms with Crippen molar-refractivity contribution in [3.05, 3.63) is 88.6 Å². The molecule has 0 spiro atoms. The van der Waals surface area contributed by atoms with Gasteiger partial charge in [-0.15, -0.1) is 0 Å². The van der Waals surface area contributed by atoms with Gasteiger partial charge in [-0.2, -0.15) is 13.2 Å². The number of carbonyl (C=O) groups excluding carboxylic acids is 1. The zero-order chi connectivity index (χ0) is 22.7. The number of halogens is 3. The summed E-state index contributed by atoms with van der Waals surface area (Å²) in [6, 6.07) is 16.7. The minimum atomic E-state index is -4.66. The van der Waals surface area contributed by atoms with Gasteiger partial charge in [-0.05, 0) is 30.3 Å². The molecule has 32 heavy (non-hydrogen) atoms. The van der Waals surface area contributed by atoms with Crippen molar-refractivity contribution in [3.8, 4) is 5.75 Å². The number of fused-ring (bicyclic) bond motifs is 1. The lowest BCUT2D eigenvalue weighted by Gasteiger charge is -2.12. The Balaban J connectivity index is 1.58. The number of anilines is 1. The third-order valence-corrected chi connectivity index (χ3v) is 4.65. The summed E-state index contributed by atoms with van der Waals surface area (Å²) in [7, 11) is 0. The van der Waals surface area contributed by atoms with Crippen LogP contribution in [0.15, 0.2) is 71.7 Å². The van der Waals surface area contributed by atoms with Gasteiger partial charge in [0.2, 0.25) is 5.91 Å². The molecule has 0 fully saturated rings. The number of hydrogen-bond donors (Lipinski definition) is 2. The fourth-order valence-electron chi connectivity index (χ4n) is 3.15. The lowest BCUT2D eigenvalue weighted by atomic mass is 10.2. The van der Waals surface area contributed by atoms with E-state index in [0.29, 0.717) is 34.9 Å². The highest BCUT2D eigenvalue weighted by atomic mass is 19.4. The summed E-state index contributed by atoms with van der Waals surface area (Å²) in [6.07, 6.45) is -4.10. The first-order valence-corrected chi connectivity index (χ1v) is 9.53. The number of amides is 1. The van der Waals surface area contributed by atoms with E-state index in [2.05, 4.69) is 10.3 Å². The van der Waals surface area contributed by atoms with Crippen molar-refractivity contribution in [1.82, 2.24) is 14.5 Å². The largest absolute Gasteiger partial charge is 0.486 e. The Morgan fingerprint density at radius 3 is 2.56 bits per heavy atom. The number of aromatic nitrogens is 3. The molecule has 4 rings (SSSR count). The molecule has 0 bridgehead atoms. The van der Waals surface area contributed by atoms with E-state index in [0.717, 1.165) is 0 Å². The lowest BCUT2D eigenvalue weighted by Crippen LogP contribution is -2.25. The van der Waals surface area contributed by atoms with E-state index in [1.807, 2.05) is 23.2 Å². The summed E-state index contributed by atoms with van der Waals surface area (Å²) < 4.78 is 46.1. The molecule has 0 radical (unpaired) electrons. The van der Waals surface area contributed by atoms with Gasteiger partial charge in [0.15, 0.2) is 0 Å². The first-order chi connectivity index (χ1) is 15.3. The van der Waals surface area contributed by atoms with E-state index in [1.54, 1.807) is 41.0 Å². The van der Waals surface area contributed by atoms with Crippen LogP contribution in [-0.2, 0) is 24.1 Å². The average molecular weight is 442 g/mol. The van der Waals surface area contributed by atoms with Gasteiger partial charge < -0.3 is 19.6 Å². The Bertz CT molecular complexity index is 1310. The summed E-state index contributed by atoms with van der Waals surface area (Å²) in [6.45, 7) is -0.209. The van der Waals surface area contributed by atoms with E-state index in [4.69, 9.17) is 4.74 Å². The van der Waals surface area contributed by atoms with E-state index in [-0.39, 0.29) is 13.2 Å². The second kappa shape index (κ2) is 8.58. The summed E-state index contributed by atoms with van der Waals surface area (Å²) in [4.78, 5) is 31.0. The standard InChI is InChI=1S/C22H17F3N4O3/c23-22(24,25)14-10-17(21(31)26-11-14)28-20(30)12-29-18-9-5-4-8-16(18)27-19(29)13-32-15-6-2-1-3-7-15/h1-11H,12-13H2,(H,26,31)(H,28,30). The van der Waals surface area contributed by atoms with Crippen LogP contribution in [0.1, 0.15) is 11.4 Å². The fraction of sp³-hybridized carbons (Fsp3) is 0.136. The number of benzene rings is 2. The van der Waals surface area contributed by atoms with Crippen LogP contribution in [0.25, 0.3) is 11.0 Å². The molecule has 4 aromatic rings.